The van der Waals surface area contributed by atoms with Gasteiger partial charge in [-0.05, 0) is 112 Å². The van der Waals surface area contributed by atoms with Crippen LogP contribution in [-0.4, -0.2) is 65.6 Å². The first-order valence-electron chi connectivity index (χ1n) is 16.8. The second kappa shape index (κ2) is 16.3. The van der Waals surface area contributed by atoms with E-state index in [0.29, 0.717) is 19.0 Å². The maximum absolute atomic E-state index is 13.4. The Morgan fingerprint density at radius 1 is 0.766 bits per heavy atom. The third kappa shape index (κ3) is 9.60. The molecule has 5 N–H and O–H groups in total. The molecule has 47 heavy (non-hydrogen) atoms. The Kier molecular flexibility index (Phi) is 12.0. The maximum Gasteiger partial charge on any atom is 0.282 e. The van der Waals surface area contributed by atoms with Crippen molar-refractivity contribution < 1.29 is 22.8 Å². The van der Waals surface area contributed by atoms with Crippen LogP contribution >= 0.6 is 0 Å². The quantitative estimate of drug-likeness (QED) is 0.115. The van der Waals surface area contributed by atoms with Gasteiger partial charge in [0.25, 0.3) is 6.43 Å². The summed E-state index contributed by atoms with van der Waals surface area (Å²) in [6, 6.07) is 12.6. The van der Waals surface area contributed by atoms with Crippen molar-refractivity contribution in [2.24, 2.45) is 11.8 Å². The Bertz CT molecular complexity index is 1620. The highest BCUT2D eigenvalue weighted by atomic mass is 19.3. The van der Waals surface area contributed by atoms with Gasteiger partial charge in [0.05, 0.1) is 11.4 Å². The molecule has 1 unspecified atom stereocenters. The number of nitrogens with one attached hydrogen (secondary N) is 5. The van der Waals surface area contributed by atoms with Crippen molar-refractivity contribution in [3.63, 3.8) is 0 Å². The molecule has 1 atom stereocenters. The summed E-state index contributed by atoms with van der Waals surface area (Å²) in [5.41, 5.74) is 6.20. The van der Waals surface area contributed by atoms with E-state index in [1.54, 1.807) is 13.1 Å². The third-order valence-electron chi connectivity index (χ3n) is 9.46. The molecule has 2 aromatic carbocycles. The molecule has 2 aliphatic rings. The third-order valence-corrected chi connectivity index (χ3v) is 9.46. The number of piperidine rings is 2. The normalized spacial score (nSPS) is 17.1. The van der Waals surface area contributed by atoms with E-state index >= 15 is 0 Å². The molecule has 0 saturated carbocycles. The zero-order valence-electron chi connectivity index (χ0n) is 27.3. The molecule has 4 heterocycles. The smallest absolute Gasteiger partial charge is 0.282 e. The fourth-order valence-corrected chi connectivity index (χ4v) is 6.79. The highest BCUT2D eigenvalue weighted by molar-refractivity contribution is 6.01. The number of carbonyl (C=O) groups is 2. The number of rotatable bonds is 10. The van der Waals surface area contributed by atoms with Crippen LogP contribution in [0, 0.1) is 11.8 Å². The number of aromatic amines is 2. The lowest BCUT2D eigenvalue weighted by Crippen LogP contribution is -2.42. The number of hydrogen-bond acceptors (Lipinski definition) is 4. The van der Waals surface area contributed by atoms with Gasteiger partial charge in [-0.3, -0.25) is 14.5 Å². The minimum Gasteiger partial charge on any atom is -0.359 e. The van der Waals surface area contributed by atoms with Crippen molar-refractivity contribution in [3.8, 4) is 0 Å². The van der Waals surface area contributed by atoms with Crippen LogP contribution in [0.2, 0.25) is 0 Å². The van der Waals surface area contributed by atoms with Crippen LogP contribution in [0.5, 0.6) is 0 Å². The average molecular weight is 653 g/mol. The molecular weight excluding hydrogens is 605 g/mol. The van der Waals surface area contributed by atoms with E-state index in [1.165, 1.54) is 42.2 Å². The molecule has 2 saturated heterocycles. The zero-order valence-corrected chi connectivity index (χ0v) is 27.3. The van der Waals surface area contributed by atoms with E-state index in [2.05, 4.69) is 56.3 Å². The van der Waals surface area contributed by atoms with Crippen molar-refractivity contribution >= 4 is 45.0 Å². The van der Waals surface area contributed by atoms with Gasteiger partial charge in [0.1, 0.15) is 0 Å². The molecule has 254 valence electrons. The fourth-order valence-electron chi connectivity index (χ4n) is 6.79. The number of carbonyl (C=O) groups excluding carboxylic acids is 2. The fraction of sp³-hybridized carbons (Fsp3) is 0.500. The Balaban J connectivity index is 0.000000189. The van der Waals surface area contributed by atoms with E-state index in [1.807, 2.05) is 12.3 Å². The van der Waals surface area contributed by atoms with Crippen molar-refractivity contribution in [1.82, 2.24) is 20.2 Å². The van der Waals surface area contributed by atoms with Crippen LogP contribution in [0.1, 0.15) is 63.5 Å². The number of alkyl halides is 3. The second-order valence-corrected chi connectivity index (χ2v) is 13.0. The standard InChI is InChI=1S/C19H24F3N3O.C17H23N3O/c1-12(26)24-17-11-23-16-5-4-14(10-15(16)17)3-2-13-6-8-25(9-7-13)19(22)18(20)21;1-12(21)20-17-11-19-16-5-4-14(10-15(16)17)3-2-13-6-8-18-9-7-13/h4-5,10-11,13,18-19,23H,2-3,6-9H2,1H3,(H,24,26);4-5,10-11,13,18-19H,2-3,6-9H2,1H3,(H,20,21). The number of aromatic nitrogens is 2. The molecule has 4 aromatic rings. The van der Waals surface area contributed by atoms with Crippen LogP contribution in [-0.2, 0) is 22.4 Å². The van der Waals surface area contributed by atoms with E-state index < -0.39 is 12.7 Å². The molecule has 6 rings (SSSR count). The lowest BCUT2D eigenvalue weighted by molar-refractivity contribution is -0.115. The van der Waals surface area contributed by atoms with Gasteiger partial charge in [-0.25, -0.2) is 13.2 Å². The summed E-state index contributed by atoms with van der Waals surface area (Å²) >= 11 is 0. The maximum atomic E-state index is 13.4. The number of fused-ring (bicyclic) bond motifs is 2. The molecule has 2 aliphatic heterocycles. The minimum absolute atomic E-state index is 0.0315. The molecule has 8 nitrogen and oxygen atoms in total. The summed E-state index contributed by atoms with van der Waals surface area (Å²) in [5, 5.41) is 11.2. The van der Waals surface area contributed by atoms with Gasteiger partial charge in [0.2, 0.25) is 18.1 Å². The van der Waals surface area contributed by atoms with Gasteiger partial charge in [-0.2, -0.15) is 0 Å². The molecule has 0 spiro atoms. The Labute approximate surface area is 274 Å². The predicted molar refractivity (Wildman–Crippen MR) is 183 cm³/mol. The van der Waals surface area contributed by atoms with Crippen molar-refractivity contribution in [1.29, 1.82) is 0 Å². The monoisotopic (exact) mass is 652 g/mol. The molecule has 2 amide bonds. The van der Waals surface area contributed by atoms with Gasteiger partial charge in [0, 0.05) is 61.1 Å². The predicted octanol–water partition coefficient (Wildman–Crippen LogP) is 7.39. The van der Waals surface area contributed by atoms with E-state index in [-0.39, 0.29) is 11.8 Å². The number of aryl methyl sites for hydroxylation is 2. The highest BCUT2D eigenvalue weighted by Crippen LogP contribution is 2.29. The van der Waals surface area contributed by atoms with Gasteiger partial charge < -0.3 is 25.9 Å². The summed E-state index contributed by atoms with van der Waals surface area (Å²) < 4.78 is 38.3. The molecule has 2 fully saturated rings. The molecule has 2 aromatic heterocycles. The van der Waals surface area contributed by atoms with Crippen molar-refractivity contribution in [2.75, 3.05) is 36.8 Å². The minimum atomic E-state index is -2.93. The van der Waals surface area contributed by atoms with Crippen LogP contribution in [0.3, 0.4) is 0 Å². The Morgan fingerprint density at radius 2 is 1.23 bits per heavy atom. The number of anilines is 2. The van der Waals surface area contributed by atoms with Gasteiger partial charge in [-0.1, -0.05) is 12.1 Å². The summed E-state index contributed by atoms with van der Waals surface area (Å²) in [5.74, 6) is 1.13. The summed E-state index contributed by atoms with van der Waals surface area (Å²) in [4.78, 5) is 30.1. The Morgan fingerprint density at radius 3 is 1.68 bits per heavy atom. The van der Waals surface area contributed by atoms with E-state index in [4.69, 9.17) is 0 Å². The number of halogens is 3. The number of nitrogens with zero attached hydrogens (tertiary/aromatic N) is 1. The van der Waals surface area contributed by atoms with Gasteiger partial charge >= 0.3 is 0 Å². The first-order chi connectivity index (χ1) is 22.7. The number of amides is 2. The lowest BCUT2D eigenvalue weighted by atomic mass is 9.90. The largest absolute Gasteiger partial charge is 0.359 e. The molecule has 11 heteroatoms. The summed E-state index contributed by atoms with van der Waals surface area (Å²) in [7, 11) is 0. The van der Waals surface area contributed by atoms with E-state index in [0.717, 1.165) is 84.3 Å². The van der Waals surface area contributed by atoms with Crippen molar-refractivity contribution in [3.05, 3.63) is 59.9 Å². The molecule has 0 radical (unpaired) electrons. The average Bonchev–Trinajstić information content (AvgIpc) is 3.65. The van der Waals surface area contributed by atoms with Crippen molar-refractivity contribution in [2.45, 2.75) is 77.9 Å². The first-order valence-corrected chi connectivity index (χ1v) is 16.8. The Hall–Kier alpha value is -3.83. The van der Waals surface area contributed by atoms with Crippen LogP contribution in [0.4, 0.5) is 24.5 Å². The molecule has 0 aliphatic carbocycles. The SMILES string of the molecule is CC(=O)Nc1c[nH]c2ccc(CCC3CCN(C(F)C(F)F)CC3)cc12.CC(=O)Nc1c[nH]c2ccc(CCC3CCNCC3)cc12. The lowest BCUT2D eigenvalue weighted by Gasteiger charge is -2.33. The summed E-state index contributed by atoms with van der Waals surface area (Å²) in [6.07, 6.45) is 6.85. The van der Waals surface area contributed by atoms with E-state index in [9.17, 15) is 22.8 Å². The topological polar surface area (TPSA) is 105 Å². The number of likely N-dealkylation sites (tertiary alicyclic amines) is 1. The number of H-pyrrole nitrogens is 2. The number of hydrogen-bond donors (Lipinski definition) is 5. The molecule has 0 bridgehead atoms. The highest BCUT2D eigenvalue weighted by Gasteiger charge is 2.30. The van der Waals surface area contributed by atoms with Gasteiger partial charge in [-0.15, -0.1) is 0 Å². The van der Waals surface area contributed by atoms with Crippen LogP contribution < -0.4 is 16.0 Å². The van der Waals surface area contributed by atoms with Crippen LogP contribution in [0.25, 0.3) is 21.8 Å². The zero-order chi connectivity index (χ0) is 33.3. The molecular formula is C36H47F3N6O2. The van der Waals surface area contributed by atoms with Crippen LogP contribution in [0.15, 0.2) is 48.8 Å². The summed E-state index contributed by atoms with van der Waals surface area (Å²) in [6.45, 7) is 6.12. The number of benzene rings is 2. The second-order valence-electron chi connectivity index (χ2n) is 13.0. The van der Waals surface area contributed by atoms with Gasteiger partial charge in [0.15, 0.2) is 0 Å². The first kappa shape index (κ1) is 34.5.